The predicted octanol–water partition coefficient (Wildman–Crippen LogP) is 1.35. The number of rotatable bonds is 4. The van der Waals surface area contributed by atoms with Gasteiger partial charge in [0.15, 0.2) is 8.32 Å². The maximum absolute atomic E-state index is 13.4. The molecule has 7 nitrogen and oxygen atoms in total. The third kappa shape index (κ3) is 3.85. The first-order chi connectivity index (χ1) is 10.9. The van der Waals surface area contributed by atoms with Crippen LogP contribution in [0.4, 0.5) is 4.39 Å². The normalized spacial score (nSPS) is 25.2. The lowest BCUT2D eigenvalue weighted by atomic mass is 10.2. The first-order valence-electron chi connectivity index (χ1n) is 7.91. The summed E-state index contributed by atoms with van der Waals surface area (Å²) in [4.78, 5) is 24.8. The van der Waals surface area contributed by atoms with Crippen molar-refractivity contribution >= 4 is 8.32 Å². The van der Waals surface area contributed by atoms with Crippen molar-refractivity contribution in [1.29, 1.82) is 0 Å². The molecule has 2 N–H and O–H groups in total. The van der Waals surface area contributed by atoms with E-state index in [2.05, 4.69) is 33.9 Å². The Hall–Kier alpha value is -1.29. The molecule has 1 fully saturated rings. The van der Waals surface area contributed by atoms with E-state index >= 15 is 0 Å². The highest BCUT2D eigenvalue weighted by atomic mass is 28.4. The summed E-state index contributed by atoms with van der Waals surface area (Å²) in [6.45, 7) is 10.7. The number of halogens is 1. The highest BCUT2D eigenvalue weighted by Gasteiger charge is 2.41. The van der Waals surface area contributed by atoms with E-state index in [-0.39, 0.29) is 18.1 Å². The van der Waals surface area contributed by atoms with Gasteiger partial charge in [-0.05, 0) is 18.1 Å². The molecule has 1 aliphatic heterocycles. The predicted molar refractivity (Wildman–Crippen MR) is 89.0 cm³/mol. The maximum atomic E-state index is 13.4. The van der Waals surface area contributed by atoms with E-state index in [1.54, 1.807) is 0 Å². The van der Waals surface area contributed by atoms with Crippen LogP contribution in [0.3, 0.4) is 0 Å². The van der Waals surface area contributed by atoms with E-state index < -0.39 is 43.8 Å². The third-order valence-corrected chi connectivity index (χ3v) is 9.35. The minimum atomic E-state index is -2.00. The average Bonchev–Trinajstić information content (AvgIpc) is 2.80. The Morgan fingerprint density at radius 1 is 1.46 bits per heavy atom. The number of H-pyrrole nitrogens is 1. The SMILES string of the molecule is CC(C)(C)[Si](C)(C)OC[C@H]1O[C@@H](n2cc(F)c(=O)[nH]c2=O)CC1O. The molecule has 1 aromatic heterocycles. The fraction of sp³-hybridized carbons (Fsp3) is 0.733. The van der Waals surface area contributed by atoms with Crippen LogP contribution >= 0.6 is 0 Å². The van der Waals surface area contributed by atoms with E-state index in [1.165, 1.54) is 0 Å². The van der Waals surface area contributed by atoms with Gasteiger partial charge in [-0.25, -0.2) is 4.79 Å². The third-order valence-electron chi connectivity index (χ3n) is 4.85. The van der Waals surface area contributed by atoms with Crippen molar-refractivity contribution in [3.8, 4) is 0 Å². The molecule has 2 heterocycles. The minimum Gasteiger partial charge on any atom is -0.414 e. The molecular weight excluding hydrogens is 335 g/mol. The Bertz CT molecular complexity index is 709. The van der Waals surface area contributed by atoms with Crippen LogP contribution in [0.5, 0.6) is 0 Å². The maximum Gasteiger partial charge on any atom is 0.330 e. The van der Waals surface area contributed by atoms with Crippen molar-refractivity contribution < 1.29 is 18.7 Å². The second-order valence-electron chi connectivity index (χ2n) is 7.65. The van der Waals surface area contributed by atoms with E-state index in [4.69, 9.17) is 9.16 Å². The van der Waals surface area contributed by atoms with Crippen LogP contribution in [0.15, 0.2) is 15.8 Å². The van der Waals surface area contributed by atoms with Gasteiger partial charge in [-0.3, -0.25) is 14.3 Å². The van der Waals surface area contributed by atoms with Crippen molar-refractivity contribution in [3.05, 3.63) is 32.9 Å². The lowest BCUT2D eigenvalue weighted by molar-refractivity contribution is -0.0435. The van der Waals surface area contributed by atoms with E-state index in [1.807, 2.05) is 4.98 Å². The van der Waals surface area contributed by atoms with Gasteiger partial charge in [-0.15, -0.1) is 0 Å². The fourth-order valence-corrected chi connectivity index (χ4v) is 3.23. The van der Waals surface area contributed by atoms with E-state index in [0.29, 0.717) is 0 Å². The van der Waals surface area contributed by atoms with E-state index in [0.717, 1.165) is 10.8 Å². The number of hydrogen-bond donors (Lipinski definition) is 2. The molecule has 0 saturated carbocycles. The molecule has 3 atom stereocenters. The molecule has 9 heteroatoms. The Labute approximate surface area is 140 Å². The van der Waals surface area contributed by atoms with Gasteiger partial charge in [0.1, 0.15) is 12.3 Å². The van der Waals surface area contributed by atoms with Gasteiger partial charge in [0.25, 0.3) is 5.56 Å². The van der Waals surface area contributed by atoms with Gasteiger partial charge in [-0.1, -0.05) is 20.8 Å². The molecule has 24 heavy (non-hydrogen) atoms. The highest BCUT2D eigenvalue weighted by molar-refractivity contribution is 6.74. The molecule has 0 aliphatic carbocycles. The molecule has 0 bridgehead atoms. The molecule has 0 aromatic carbocycles. The van der Waals surface area contributed by atoms with Gasteiger partial charge in [0.05, 0.1) is 18.9 Å². The summed E-state index contributed by atoms with van der Waals surface area (Å²) in [7, 11) is -2.00. The second kappa shape index (κ2) is 6.55. The largest absolute Gasteiger partial charge is 0.414 e. The van der Waals surface area contributed by atoms with Gasteiger partial charge in [0, 0.05) is 6.42 Å². The van der Waals surface area contributed by atoms with Crippen molar-refractivity contribution in [3.63, 3.8) is 0 Å². The summed E-state index contributed by atoms with van der Waals surface area (Å²) in [5.41, 5.74) is -1.85. The highest BCUT2D eigenvalue weighted by Crippen LogP contribution is 2.37. The lowest BCUT2D eigenvalue weighted by Crippen LogP contribution is -2.44. The zero-order valence-corrected chi connectivity index (χ0v) is 15.6. The standard InChI is InChI=1S/C15H25FN2O5Si/c1-15(2,3)24(4,5)22-8-11-10(19)6-12(23-11)18-7-9(16)13(20)17-14(18)21/h7,10-12,19H,6,8H2,1-5H3,(H,17,20,21)/t10?,11-,12-/m1/s1. The molecule has 0 spiro atoms. The van der Waals surface area contributed by atoms with Gasteiger partial charge < -0.3 is 14.3 Å². The molecule has 0 amide bonds. The minimum absolute atomic E-state index is 0.0228. The fourth-order valence-electron chi connectivity index (χ4n) is 2.22. The summed E-state index contributed by atoms with van der Waals surface area (Å²) in [5.74, 6) is -1.08. The number of nitrogens with zero attached hydrogens (tertiary/aromatic N) is 1. The van der Waals surface area contributed by atoms with Gasteiger partial charge in [-0.2, -0.15) is 4.39 Å². The molecule has 136 valence electrons. The van der Waals surface area contributed by atoms with Crippen LogP contribution in [0.1, 0.15) is 33.4 Å². The topological polar surface area (TPSA) is 93.5 Å². The average molecular weight is 360 g/mol. The van der Waals surface area contributed by atoms with Crippen molar-refractivity contribution in [2.75, 3.05) is 6.61 Å². The molecule has 1 aliphatic rings. The smallest absolute Gasteiger partial charge is 0.330 e. The number of hydrogen-bond acceptors (Lipinski definition) is 5. The number of aliphatic hydroxyl groups is 1. The van der Waals surface area contributed by atoms with Crippen molar-refractivity contribution in [2.24, 2.45) is 0 Å². The first-order valence-corrected chi connectivity index (χ1v) is 10.8. The summed E-state index contributed by atoms with van der Waals surface area (Å²) in [6.07, 6.45) is -1.36. The Kier molecular flexibility index (Phi) is 5.19. The molecular formula is C15H25FN2O5Si. The molecule has 1 aromatic rings. The van der Waals surface area contributed by atoms with Crippen LogP contribution in [-0.2, 0) is 9.16 Å². The monoisotopic (exact) mass is 360 g/mol. The Morgan fingerprint density at radius 2 is 2.08 bits per heavy atom. The summed E-state index contributed by atoms with van der Waals surface area (Å²) in [6, 6.07) is 0. The number of nitrogens with one attached hydrogen (secondary N) is 1. The summed E-state index contributed by atoms with van der Waals surface area (Å²) >= 11 is 0. The van der Waals surface area contributed by atoms with Crippen LogP contribution in [0, 0.1) is 5.82 Å². The number of aromatic nitrogens is 2. The molecule has 2 rings (SSSR count). The Balaban J connectivity index is 2.09. The zero-order chi connectivity index (χ0) is 18.3. The second-order valence-corrected chi connectivity index (χ2v) is 12.5. The molecule has 0 radical (unpaired) electrons. The number of aromatic amines is 1. The zero-order valence-electron chi connectivity index (χ0n) is 14.6. The van der Waals surface area contributed by atoms with Gasteiger partial charge >= 0.3 is 5.69 Å². The van der Waals surface area contributed by atoms with Crippen LogP contribution < -0.4 is 11.2 Å². The molecule has 1 saturated heterocycles. The number of aliphatic hydroxyl groups excluding tert-OH is 1. The molecule has 1 unspecified atom stereocenters. The quantitative estimate of drug-likeness (QED) is 0.791. The van der Waals surface area contributed by atoms with Crippen LogP contribution in [0.2, 0.25) is 18.1 Å². The summed E-state index contributed by atoms with van der Waals surface area (Å²) in [5, 5.41) is 10.2. The Morgan fingerprint density at radius 3 is 2.67 bits per heavy atom. The van der Waals surface area contributed by atoms with Crippen molar-refractivity contribution in [2.45, 2.75) is 63.8 Å². The number of ether oxygens (including phenoxy) is 1. The lowest BCUT2D eigenvalue weighted by Gasteiger charge is -2.37. The first kappa shape index (κ1) is 19.0. The van der Waals surface area contributed by atoms with Crippen LogP contribution in [-0.4, -0.2) is 41.8 Å². The van der Waals surface area contributed by atoms with Crippen molar-refractivity contribution in [1.82, 2.24) is 9.55 Å². The van der Waals surface area contributed by atoms with E-state index in [9.17, 15) is 19.1 Å². The van der Waals surface area contributed by atoms with Gasteiger partial charge in [0.2, 0.25) is 5.82 Å². The van der Waals surface area contributed by atoms with Crippen LogP contribution in [0.25, 0.3) is 0 Å². The summed E-state index contributed by atoms with van der Waals surface area (Å²) < 4.78 is 26.1.